The molecule has 0 aliphatic carbocycles. The highest BCUT2D eigenvalue weighted by molar-refractivity contribution is 5.62. The molecule has 2 heteroatoms. The highest BCUT2D eigenvalue weighted by Crippen LogP contribution is 2.20. The van der Waals surface area contributed by atoms with Gasteiger partial charge in [0.1, 0.15) is 5.82 Å². The van der Waals surface area contributed by atoms with E-state index in [4.69, 9.17) is 0 Å². The van der Waals surface area contributed by atoms with Crippen LogP contribution in [0.1, 0.15) is 5.56 Å². The molecule has 0 radical (unpaired) electrons. The number of nitrogens with one attached hydrogen (secondary N) is 2. The summed E-state index contributed by atoms with van der Waals surface area (Å²) in [5.41, 5.74) is 3.62. The summed E-state index contributed by atoms with van der Waals surface area (Å²) in [6, 6.07) is 24.9. The van der Waals surface area contributed by atoms with Gasteiger partial charge in [-0.05, 0) is 23.3 Å². The van der Waals surface area contributed by atoms with Crippen molar-refractivity contribution in [3.63, 3.8) is 0 Å². The Morgan fingerprint density at radius 3 is 2.16 bits per heavy atom. The van der Waals surface area contributed by atoms with E-state index in [1.54, 1.807) is 0 Å². The van der Waals surface area contributed by atoms with E-state index < -0.39 is 0 Å². The number of aromatic nitrogens is 1. The highest BCUT2D eigenvalue weighted by Gasteiger charge is 2.00. The van der Waals surface area contributed by atoms with Crippen LogP contribution in [0.15, 0.2) is 72.8 Å². The Balaban J connectivity index is 1.69. The van der Waals surface area contributed by atoms with Gasteiger partial charge in [-0.25, -0.2) is 0 Å². The van der Waals surface area contributed by atoms with E-state index in [2.05, 4.69) is 58.8 Å². The van der Waals surface area contributed by atoms with Crippen molar-refractivity contribution in [2.45, 2.75) is 6.54 Å². The van der Waals surface area contributed by atoms with Crippen LogP contribution in [0.25, 0.3) is 11.3 Å². The van der Waals surface area contributed by atoms with E-state index in [9.17, 15) is 0 Å². The summed E-state index contributed by atoms with van der Waals surface area (Å²) >= 11 is 0. The molecule has 0 amide bonds. The molecule has 19 heavy (non-hydrogen) atoms. The zero-order valence-electron chi connectivity index (χ0n) is 10.6. The summed E-state index contributed by atoms with van der Waals surface area (Å²) < 4.78 is 0. The minimum atomic E-state index is 0.829. The lowest BCUT2D eigenvalue weighted by Gasteiger charge is -2.04. The molecule has 0 unspecified atom stereocenters. The van der Waals surface area contributed by atoms with Gasteiger partial charge in [-0.1, -0.05) is 60.7 Å². The Labute approximate surface area is 113 Å². The molecule has 0 bridgehead atoms. The fourth-order valence-corrected chi connectivity index (χ4v) is 2.08. The van der Waals surface area contributed by atoms with Crippen molar-refractivity contribution in [2.24, 2.45) is 0 Å². The Bertz CT molecular complexity index is 627. The van der Waals surface area contributed by atoms with Crippen molar-refractivity contribution in [1.82, 2.24) is 4.98 Å². The van der Waals surface area contributed by atoms with Crippen molar-refractivity contribution in [1.29, 1.82) is 0 Å². The zero-order chi connectivity index (χ0) is 12.9. The Kier molecular flexibility index (Phi) is 3.32. The summed E-state index contributed by atoms with van der Waals surface area (Å²) in [6.45, 7) is 0.829. The van der Waals surface area contributed by atoms with Gasteiger partial charge in [-0.3, -0.25) is 0 Å². The van der Waals surface area contributed by atoms with Crippen LogP contribution >= 0.6 is 0 Å². The first-order valence-electron chi connectivity index (χ1n) is 6.44. The number of rotatable bonds is 4. The monoisotopic (exact) mass is 248 g/mol. The van der Waals surface area contributed by atoms with E-state index in [0.29, 0.717) is 0 Å². The first-order valence-corrected chi connectivity index (χ1v) is 6.44. The molecule has 2 nitrogen and oxygen atoms in total. The quantitative estimate of drug-likeness (QED) is 0.708. The lowest BCUT2D eigenvalue weighted by atomic mass is 10.2. The van der Waals surface area contributed by atoms with Crippen LogP contribution in [0, 0.1) is 0 Å². The molecule has 0 fully saturated rings. The van der Waals surface area contributed by atoms with Crippen LogP contribution < -0.4 is 5.32 Å². The molecule has 0 aliphatic rings. The average molecular weight is 248 g/mol. The second-order valence-corrected chi connectivity index (χ2v) is 4.49. The molecular weight excluding hydrogens is 232 g/mol. The first kappa shape index (κ1) is 11.6. The lowest BCUT2D eigenvalue weighted by Crippen LogP contribution is -1.98. The Morgan fingerprint density at radius 1 is 0.737 bits per heavy atom. The van der Waals surface area contributed by atoms with Gasteiger partial charge < -0.3 is 10.3 Å². The van der Waals surface area contributed by atoms with Crippen LogP contribution in [0.4, 0.5) is 5.82 Å². The third kappa shape index (κ3) is 2.86. The molecule has 0 saturated heterocycles. The van der Waals surface area contributed by atoms with Crippen molar-refractivity contribution in [2.75, 3.05) is 5.32 Å². The molecule has 0 spiro atoms. The molecule has 3 aromatic rings. The minimum Gasteiger partial charge on any atom is -0.368 e. The maximum absolute atomic E-state index is 3.40. The SMILES string of the molecule is c1ccc(CNc2ccc(-c3ccccc3)[nH]2)cc1. The van der Waals surface area contributed by atoms with Crippen molar-refractivity contribution in [3.05, 3.63) is 78.4 Å². The molecule has 1 aromatic heterocycles. The Morgan fingerprint density at radius 2 is 1.42 bits per heavy atom. The zero-order valence-corrected chi connectivity index (χ0v) is 10.6. The van der Waals surface area contributed by atoms with Crippen molar-refractivity contribution >= 4 is 5.82 Å². The van der Waals surface area contributed by atoms with E-state index >= 15 is 0 Å². The second kappa shape index (κ2) is 5.44. The summed E-state index contributed by atoms with van der Waals surface area (Å²) in [5.74, 6) is 1.04. The van der Waals surface area contributed by atoms with Gasteiger partial charge in [0, 0.05) is 12.2 Å². The number of aromatic amines is 1. The van der Waals surface area contributed by atoms with Crippen molar-refractivity contribution in [3.8, 4) is 11.3 Å². The van der Waals surface area contributed by atoms with E-state index in [1.807, 2.05) is 24.3 Å². The summed E-state index contributed by atoms with van der Waals surface area (Å²) in [7, 11) is 0. The molecule has 0 atom stereocenters. The van der Waals surface area contributed by atoms with Gasteiger partial charge in [-0.2, -0.15) is 0 Å². The number of hydrogen-bond acceptors (Lipinski definition) is 1. The van der Waals surface area contributed by atoms with Gasteiger partial charge in [-0.15, -0.1) is 0 Å². The molecule has 0 aliphatic heterocycles. The first-order chi connectivity index (χ1) is 9.42. The normalized spacial score (nSPS) is 10.3. The summed E-state index contributed by atoms with van der Waals surface area (Å²) in [5, 5.41) is 3.40. The predicted molar refractivity (Wildman–Crippen MR) is 80.0 cm³/mol. The number of hydrogen-bond donors (Lipinski definition) is 2. The molecule has 0 saturated carbocycles. The highest BCUT2D eigenvalue weighted by atomic mass is 15.0. The van der Waals surface area contributed by atoms with Crippen LogP contribution in [-0.4, -0.2) is 4.98 Å². The van der Waals surface area contributed by atoms with Crippen molar-refractivity contribution < 1.29 is 0 Å². The van der Waals surface area contributed by atoms with Gasteiger partial charge in [0.2, 0.25) is 0 Å². The fourth-order valence-electron chi connectivity index (χ4n) is 2.08. The third-order valence-corrected chi connectivity index (χ3v) is 3.10. The van der Waals surface area contributed by atoms with E-state index in [1.165, 1.54) is 11.1 Å². The number of H-pyrrole nitrogens is 1. The van der Waals surface area contributed by atoms with Gasteiger partial charge in [0.05, 0.1) is 0 Å². The van der Waals surface area contributed by atoms with Crippen LogP contribution in [0.2, 0.25) is 0 Å². The fraction of sp³-hybridized carbons (Fsp3) is 0.0588. The van der Waals surface area contributed by atoms with Gasteiger partial charge >= 0.3 is 0 Å². The topological polar surface area (TPSA) is 27.8 Å². The Hall–Kier alpha value is -2.48. The standard InChI is InChI=1S/C17H16N2/c1-3-7-14(8-4-1)13-18-17-12-11-16(19-17)15-9-5-2-6-10-15/h1-12,18-19H,13H2. The molecule has 2 N–H and O–H groups in total. The van der Waals surface area contributed by atoms with Gasteiger partial charge in [0.15, 0.2) is 0 Å². The largest absolute Gasteiger partial charge is 0.368 e. The van der Waals surface area contributed by atoms with Crippen LogP contribution in [-0.2, 0) is 6.54 Å². The van der Waals surface area contributed by atoms with E-state index in [0.717, 1.165) is 18.1 Å². The molecule has 1 heterocycles. The third-order valence-electron chi connectivity index (χ3n) is 3.10. The molecule has 3 rings (SSSR count). The maximum Gasteiger partial charge on any atom is 0.103 e. The van der Waals surface area contributed by atoms with Gasteiger partial charge in [0.25, 0.3) is 0 Å². The summed E-state index contributed by atoms with van der Waals surface area (Å²) in [6.07, 6.45) is 0. The predicted octanol–water partition coefficient (Wildman–Crippen LogP) is 4.29. The lowest BCUT2D eigenvalue weighted by molar-refractivity contribution is 1.13. The molecular formula is C17H16N2. The van der Waals surface area contributed by atoms with Crippen LogP contribution in [0.5, 0.6) is 0 Å². The number of anilines is 1. The second-order valence-electron chi connectivity index (χ2n) is 4.49. The smallest absolute Gasteiger partial charge is 0.103 e. The maximum atomic E-state index is 3.40. The molecule has 2 aromatic carbocycles. The van der Waals surface area contributed by atoms with E-state index in [-0.39, 0.29) is 0 Å². The number of benzene rings is 2. The average Bonchev–Trinajstić information content (AvgIpc) is 2.96. The van der Waals surface area contributed by atoms with Crippen LogP contribution in [0.3, 0.4) is 0 Å². The molecule has 94 valence electrons. The summed E-state index contributed by atoms with van der Waals surface area (Å²) in [4.78, 5) is 3.39. The minimum absolute atomic E-state index is 0.829.